The fourth-order valence-electron chi connectivity index (χ4n) is 1.64. The Hall–Kier alpha value is -1.60. The lowest BCUT2D eigenvalue weighted by Crippen LogP contribution is -2.26. The van der Waals surface area contributed by atoms with E-state index in [1.165, 1.54) is 19.2 Å². The topological polar surface area (TPSA) is 89.7 Å². The van der Waals surface area contributed by atoms with Gasteiger partial charge in [0.25, 0.3) is 0 Å². The fraction of sp³-hybridized carbons (Fsp3) is 0.417. The van der Waals surface area contributed by atoms with Gasteiger partial charge in [0.15, 0.2) is 0 Å². The molecule has 0 heterocycles. The van der Waals surface area contributed by atoms with Crippen molar-refractivity contribution in [2.75, 3.05) is 25.1 Å². The van der Waals surface area contributed by atoms with Gasteiger partial charge in [-0.2, -0.15) is 0 Å². The van der Waals surface area contributed by atoms with Crippen molar-refractivity contribution in [3.8, 4) is 0 Å². The highest BCUT2D eigenvalue weighted by Gasteiger charge is 2.10. The number of hydrogen-bond acceptors (Lipinski definition) is 5. The van der Waals surface area contributed by atoms with Crippen LogP contribution in [0.25, 0.3) is 0 Å². The van der Waals surface area contributed by atoms with E-state index >= 15 is 0 Å². The molecule has 2 N–H and O–H groups in total. The van der Waals surface area contributed by atoms with Crippen LogP contribution >= 0.6 is 0 Å². The van der Waals surface area contributed by atoms with Gasteiger partial charge in [0.1, 0.15) is 0 Å². The predicted molar refractivity (Wildman–Crippen MR) is 72.3 cm³/mol. The van der Waals surface area contributed by atoms with E-state index in [0.29, 0.717) is 13.1 Å². The third-order valence-electron chi connectivity index (χ3n) is 2.73. The maximum atomic E-state index is 11.1. The lowest BCUT2D eigenvalue weighted by Gasteiger charge is -2.22. The molecule has 1 rings (SSSR count). The molecule has 0 aliphatic carbocycles. The van der Waals surface area contributed by atoms with Gasteiger partial charge in [-0.15, -0.1) is 0 Å². The number of carbonyl (C=O) groups is 1. The van der Waals surface area contributed by atoms with Gasteiger partial charge in [0.2, 0.25) is 10.0 Å². The summed E-state index contributed by atoms with van der Waals surface area (Å²) in [6.07, 6.45) is 0.279. The summed E-state index contributed by atoms with van der Waals surface area (Å²) in [5.41, 5.74) is 0.832. The maximum absolute atomic E-state index is 11.1. The smallest absolute Gasteiger partial charge is 0.307 e. The average molecular weight is 286 g/mol. The molecule has 0 radical (unpaired) electrons. The lowest BCUT2D eigenvalue weighted by atomic mass is 10.2. The van der Waals surface area contributed by atoms with E-state index < -0.39 is 10.0 Å². The summed E-state index contributed by atoms with van der Waals surface area (Å²) in [5, 5.41) is 5.03. The molecule has 0 bridgehead atoms. The summed E-state index contributed by atoms with van der Waals surface area (Å²) in [6, 6.07) is 6.23. The number of methoxy groups -OCH3 is 1. The van der Waals surface area contributed by atoms with Crippen LogP contribution in [-0.2, 0) is 19.6 Å². The summed E-state index contributed by atoms with van der Waals surface area (Å²) in [5.74, 6) is -0.278. The van der Waals surface area contributed by atoms with Gasteiger partial charge in [-0.3, -0.25) is 4.79 Å². The van der Waals surface area contributed by atoms with Crippen LogP contribution in [0.5, 0.6) is 0 Å². The molecular formula is C12H18N2O4S. The summed E-state index contributed by atoms with van der Waals surface area (Å²) < 4.78 is 26.9. The highest BCUT2D eigenvalue weighted by molar-refractivity contribution is 7.89. The summed E-state index contributed by atoms with van der Waals surface area (Å²) >= 11 is 0. The fourth-order valence-corrected chi connectivity index (χ4v) is 2.16. The molecule has 1 aromatic rings. The summed E-state index contributed by atoms with van der Waals surface area (Å²) in [7, 11) is -2.33. The molecule has 0 aromatic heterocycles. The second-order valence-electron chi connectivity index (χ2n) is 3.94. The molecule has 6 nitrogen and oxygen atoms in total. The Kier molecular flexibility index (Phi) is 5.31. The van der Waals surface area contributed by atoms with E-state index in [0.717, 1.165) is 5.69 Å². The van der Waals surface area contributed by atoms with Gasteiger partial charge >= 0.3 is 5.97 Å². The van der Waals surface area contributed by atoms with Crippen molar-refractivity contribution in [2.45, 2.75) is 18.2 Å². The van der Waals surface area contributed by atoms with Gasteiger partial charge in [0, 0.05) is 18.8 Å². The number of hydrogen-bond donors (Lipinski definition) is 1. The standard InChI is InChI=1S/C12H18N2O4S/c1-3-14(9-8-12(15)18-2)10-4-6-11(7-5-10)19(13,16)17/h4-7H,3,8-9H2,1-2H3,(H2,13,16,17). The molecule has 0 atom stereocenters. The second kappa shape index (κ2) is 6.53. The van der Waals surface area contributed by atoms with Gasteiger partial charge in [-0.05, 0) is 31.2 Å². The van der Waals surface area contributed by atoms with Crippen LogP contribution in [0, 0.1) is 0 Å². The lowest BCUT2D eigenvalue weighted by molar-refractivity contribution is -0.140. The number of carbonyl (C=O) groups excluding carboxylic acids is 1. The van der Waals surface area contributed by atoms with Gasteiger partial charge in [0.05, 0.1) is 18.4 Å². The Balaban J connectivity index is 2.80. The van der Waals surface area contributed by atoms with E-state index in [1.807, 2.05) is 11.8 Å². The molecule has 19 heavy (non-hydrogen) atoms. The first-order valence-electron chi connectivity index (χ1n) is 5.83. The largest absolute Gasteiger partial charge is 0.469 e. The van der Waals surface area contributed by atoms with E-state index in [-0.39, 0.29) is 17.3 Å². The molecule has 0 saturated heterocycles. The number of esters is 1. The number of ether oxygens (including phenoxy) is 1. The minimum Gasteiger partial charge on any atom is -0.469 e. The van der Waals surface area contributed by atoms with Crippen LogP contribution in [0.15, 0.2) is 29.2 Å². The molecule has 1 aromatic carbocycles. The predicted octanol–water partition coefficient (Wildman–Crippen LogP) is 0.723. The quantitative estimate of drug-likeness (QED) is 0.778. The van der Waals surface area contributed by atoms with Crippen LogP contribution in [0.4, 0.5) is 5.69 Å². The normalized spacial score (nSPS) is 11.1. The van der Waals surface area contributed by atoms with Crippen molar-refractivity contribution in [1.82, 2.24) is 0 Å². The van der Waals surface area contributed by atoms with Crippen molar-refractivity contribution in [3.63, 3.8) is 0 Å². The van der Waals surface area contributed by atoms with Crippen LogP contribution in [0.1, 0.15) is 13.3 Å². The minimum atomic E-state index is -3.67. The number of nitrogens with two attached hydrogens (primary N) is 1. The molecule has 0 fully saturated rings. The van der Waals surface area contributed by atoms with Crippen molar-refractivity contribution >= 4 is 21.7 Å². The number of anilines is 1. The first-order valence-corrected chi connectivity index (χ1v) is 7.37. The Morgan fingerprint density at radius 2 is 1.89 bits per heavy atom. The van der Waals surface area contributed by atoms with Crippen LogP contribution < -0.4 is 10.0 Å². The van der Waals surface area contributed by atoms with Crippen LogP contribution in [-0.4, -0.2) is 34.6 Å². The van der Waals surface area contributed by atoms with Crippen LogP contribution in [0.2, 0.25) is 0 Å². The number of nitrogens with zero attached hydrogens (tertiary/aromatic N) is 1. The monoisotopic (exact) mass is 286 g/mol. The number of sulfonamides is 1. The van der Waals surface area contributed by atoms with Crippen molar-refractivity contribution in [3.05, 3.63) is 24.3 Å². The maximum Gasteiger partial charge on any atom is 0.307 e. The minimum absolute atomic E-state index is 0.0697. The molecule has 0 spiro atoms. The number of benzene rings is 1. The Bertz CT molecular complexity index is 525. The molecule has 0 aliphatic rings. The van der Waals surface area contributed by atoms with Gasteiger partial charge in [-0.1, -0.05) is 0 Å². The molecule has 0 saturated carbocycles. The Morgan fingerprint density at radius 3 is 2.32 bits per heavy atom. The molecule has 7 heteroatoms. The van der Waals surface area contributed by atoms with E-state index in [1.54, 1.807) is 12.1 Å². The Morgan fingerprint density at radius 1 is 1.32 bits per heavy atom. The highest BCUT2D eigenvalue weighted by atomic mass is 32.2. The third kappa shape index (κ3) is 4.53. The summed E-state index contributed by atoms with van der Waals surface area (Å²) in [6.45, 7) is 3.16. The van der Waals surface area contributed by atoms with Crippen LogP contribution in [0.3, 0.4) is 0 Å². The zero-order valence-corrected chi connectivity index (χ0v) is 11.8. The van der Waals surface area contributed by atoms with E-state index in [2.05, 4.69) is 4.74 Å². The molecular weight excluding hydrogens is 268 g/mol. The van der Waals surface area contributed by atoms with Gasteiger partial charge in [-0.25, -0.2) is 13.6 Å². The van der Waals surface area contributed by atoms with Crippen molar-refractivity contribution in [2.24, 2.45) is 5.14 Å². The second-order valence-corrected chi connectivity index (χ2v) is 5.51. The first kappa shape index (κ1) is 15.5. The average Bonchev–Trinajstić information content (AvgIpc) is 2.38. The molecule has 106 valence electrons. The van der Waals surface area contributed by atoms with E-state index in [4.69, 9.17) is 5.14 Å². The van der Waals surface area contributed by atoms with Gasteiger partial charge < -0.3 is 9.64 Å². The van der Waals surface area contributed by atoms with E-state index in [9.17, 15) is 13.2 Å². The zero-order chi connectivity index (χ0) is 14.5. The van der Waals surface area contributed by atoms with Crippen molar-refractivity contribution < 1.29 is 17.9 Å². The van der Waals surface area contributed by atoms with Crippen molar-refractivity contribution in [1.29, 1.82) is 0 Å². The first-order chi connectivity index (χ1) is 8.88. The third-order valence-corrected chi connectivity index (χ3v) is 3.65. The highest BCUT2D eigenvalue weighted by Crippen LogP contribution is 2.17. The summed E-state index contributed by atoms with van der Waals surface area (Å²) in [4.78, 5) is 13.1. The SMILES string of the molecule is CCN(CCC(=O)OC)c1ccc(S(N)(=O)=O)cc1. The molecule has 0 amide bonds. The molecule has 0 aliphatic heterocycles. The Labute approximate surface area is 113 Å². The zero-order valence-electron chi connectivity index (χ0n) is 11.0. The number of rotatable bonds is 6. The number of primary sulfonamides is 1. The molecule has 0 unspecified atom stereocenters.